The van der Waals surface area contributed by atoms with Gasteiger partial charge in [0.2, 0.25) is 0 Å². The smallest absolute Gasteiger partial charge is 0.0268 e. The second-order valence-electron chi connectivity index (χ2n) is 11.1. The lowest BCUT2D eigenvalue weighted by molar-refractivity contribution is -0.141. The van der Waals surface area contributed by atoms with Crippen LogP contribution in [0.3, 0.4) is 0 Å². The highest BCUT2D eigenvalue weighted by atomic mass is 32.1. The van der Waals surface area contributed by atoms with Gasteiger partial charge in [0.15, 0.2) is 0 Å². The molecule has 2 nitrogen and oxygen atoms in total. The van der Waals surface area contributed by atoms with Crippen molar-refractivity contribution in [2.45, 2.75) is 103 Å². The highest BCUT2D eigenvalue weighted by molar-refractivity contribution is 7.81. The van der Waals surface area contributed by atoms with E-state index in [0.717, 1.165) is 12.3 Å². The van der Waals surface area contributed by atoms with Gasteiger partial charge in [-0.2, -0.15) is 12.6 Å². The molecule has 0 aromatic rings. The molecule has 26 heavy (non-hydrogen) atoms. The van der Waals surface area contributed by atoms with Crippen LogP contribution in [0, 0.1) is 40.4 Å². The van der Waals surface area contributed by atoms with Gasteiger partial charge < -0.3 is 11.5 Å². The van der Waals surface area contributed by atoms with Crippen LogP contribution < -0.4 is 11.5 Å². The van der Waals surface area contributed by atoms with Gasteiger partial charge in [-0.1, -0.05) is 54.4 Å². The summed E-state index contributed by atoms with van der Waals surface area (Å²) in [5.74, 6) is 3.29. The van der Waals surface area contributed by atoms with Crippen molar-refractivity contribution in [3.8, 4) is 0 Å². The Balaban J connectivity index is 1.97. The van der Waals surface area contributed by atoms with Crippen LogP contribution in [0.15, 0.2) is 0 Å². The Bertz CT molecular complexity index is 510. The Hall–Kier alpha value is 0.270. The van der Waals surface area contributed by atoms with Crippen molar-refractivity contribution in [3.63, 3.8) is 0 Å². The van der Waals surface area contributed by atoms with Crippen LogP contribution in [0.25, 0.3) is 0 Å². The predicted molar refractivity (Wildman–Crippen MR) is 116 cm³/mol. The minimum absolute atomic E-state index is 0.0679. The molecule has 10 unspecified atom stereocenters. The topological polar surface area (TPSA) is 52.0 Å². The van der Waals surface area contributed by atoms with Gasteiger partial charge in [0.25, 0.3) is 0 Å². The summed E-state index contributed by atoms with van der Waals surface area (Å²) in [7, 11) is 0. The molecule has 0 spiro atoms. The molecular weight excluding hydrogens is 336 g/mol. The van der Waals surface area contributed by atoms with E-state index in [4.69, 9.17) is 24.1 Å². The molecule has 4 N–H and O–H groups in total. The first-order chi connectivity index (χ1) is 12.0. The molecular formula is C23H44N2S. The third-order valence-electron chi connectivity index (χ3n) is 10.3. The van der Waals surface area contributed by atoms with Crippen LogP contribution in [0.1, 0.15) is 86.5 Å². The summed E-state index contributed by atoms with van der Waals surface area (Å²) in [6.07, 6.45) is 8.74. The van der Waals surface area contributed by atoms with Crippen LogP contribution in [-0.4, -0.2) is 16.8 Å². The summed E-state index contributed by atoms with van der Waals surface area (Å²) in [5.41, 5.74) is 14.6. The second kappa shape index (κ2) is 6.95. The first kappa shape index (κ1) is 21.0. The monoisotopic (exact) mass is 380 g/mol. The molecule has 3 aliphatic rings. The minimum atomic E-state index is -0.0679. The number of hydrogen-bond acceptors (Lipinski definition) is 3. The van der Waals surface area contributed by atoms with Crippen LogP contribution in [0.2, 0.25) is 0 Å². The van der Waals surface area contributed by atoms with E-state index in [2.05, 4.69) is 41.5 Å². The second-order valence-corrected chi connectivity index (χ2v) is 11.8. The molecule has 0 radical (unpaired) electrons. The lowest BCUT2D eigenvalue weighted by Crippen LogP contribution is -2.72. The van der Waals surface area contributed by atoms with Crippen molar-refractivity contribution in [3.05, 3.63) is 0 Å². The molecule has 0 amide bonds. The SMILES string of the molecule is CC1CC(S)C(N)C(CC2(C)C(C)CCC3(C)C(C)CCCC32N)C1C. The Morgan fingerprint density at radius 3 is 2.31 bits per heavy atom. The molecule has 3 heteroatoms. The zero-order valence-corrected chi connectivity index (χ0v) is 19.0. The van der Waals surface area contributed by atoms with Crippen molar-refractivity contribution >= 4 is 12.6 Å². The molecule has 0 aromatic heterocycles. The summed E-state index contributed by atoms with van der Waals surface area (Å²) in [6.45, 7) is 14.8. The molecule has 0 aromatic carbocycles. The fourth-order valence-electron chi connectivity index (χ4n) is 7.42. The lowest BCUT2D eigenvalue weighted by Gasteiger charge is -2.68. The first-order valence-electron chi connectivity index (χ1n) is 11.2. The van der Waals surface area contributed by atoms with Crippen molar-refractivity contribution < 1.29 is 0 Å². The van der Waals surface area contributed by atoms with E-state index in [1.807, 2.05) is 0 Å². The van der Waals surface area contributed by atoms with Crippen LogP contribution in [-0.2, 0) is 0 Å². The maximum atomic E-state index is 7.48. The quantitative estimate of drug-likeness (QED) is 0.573. The molecule has 3 saturated carbocycles. The normalized spacial score (nSPS) is 58.3. The van der Waals surface area contributed by atoms with Crippen molar-refractivity contribution in [1.82, 2.24) is 0 Å². The fraction of sp³-hybridized carbons (Fsp3) is 1.00. The van der Waals surface area contributed by atoms with E-state index in [0.29, 0.717) is 28.9 Å². The van der Waals surface area contributed by atoms with Crippen LogP contribution >= 0.6 is 12.6 Å². The number of nitrogens with two attached hydrogens (primary N) is 2. The van der Waals surface area contributed by atoms with Gasteiger partial charge in [0.1, 0.15) is 0 Å². The lowest BCUT2D eigenvalue weighted by atomic mass is 9.40. The van der Waals surface area contributed by atoms with Gasteiger partial charge >= 0.3 is 0 Å². The number of fused-ring (bicyclic) bond motifs is 1. The largest absolute Gasteiger partial charge is 0.326 e. The van der Waals surface area contributed by atoms with Gasteiger partial charge in [-0.25, -0.2) is 0 Å². The average Bonchev–Trinajstić information content (AvgIpc) is 2.58. The summed E-state index contributed by atoms with van der Waals surface area (Å²) in [4.78, 5) is 0. The molecule has 10 atom stereocenters. The summed E-state index contributed by atoms with van der Waals surface area (Å²) in [5, 5.41) is 0.332. The summed E-state index contributed by atoms with van der Waals surface area (Å²) in [6, 6.07) is 0.200. The zero-order valence-electron chi connectivity index (χ0n) is 18.1. The van der Waals surface area contributed by atoms with Gasteiger partial charge in [0.05, 0.1) is 0 Å². The van der Waals surface area contributed by atoms with Gasteiger partial charge in [-0.05, 0) is 72.5 Å². The number of thiol groups is 1. The average molecular weight is 381 g/mol. The number of rotatable bonds is 2. The minimum Gasteiger partial charge on any atom is -0.326 e. The zero-order chi connectivity index (χ0) is 19.5. The van der Waals surface area contributed by atoms with E-state index in [9.17, 15) is 0 Å². The van der Waals surface area contributed by atoms with Gasteiger partial charge in [-0.3, -0.25) is 0 Å². The Morgan fingerprint density at radius 2 is 1.65 bits per heavy atom. The third-order valence-corrected chi connectivity index (χ3v) is 10.9. The van der Waals surface area contributed by atoms with Crippen LogP contribution in [0.4, 0.5) is 0 Å². The molecule has 0 heterocycles. The van der Waals surface area contributed by atoms with Gasteiger partial charge in [0, 0.05) is 16.8 Å². The molecule has 0 saturated heterocycles. The molecule has 0 aliphatic heterocycles. The highest BCUT2D eigenvalue weighted by Crippen LogP contribution is 2.65. The van der Waals surface area contributed by atoms with Crippen molar-refractivity contribution in [2.75, 3.05) is 0 Å². The standard InChI is InChI=1S/C23H44N2S/c1-14-12-19(26)20(24)18(17(14)4)13-22(6)16(3)9-11-21(5)15(2)8-7-10-23(21,22)25/h14-20,26H,7-13,24-25H2,1-6H3. The molecule has 3 fully saturated rings. The maximum Gasteiger partial charge on any atom is 0.0268 e. The van der Waals surface area contributed by atoms with E-state index < -0.39 is 0 Å². The maximum absolute atomic E-state index is 7.48. The third kappa shape index (κ3) is 2.82. The Morgan fingerprint density at radius 1 is 1.00 bits per heavy atom. The van der Waals surface area contributed by atoms with Crippen molar-refractivity contribution in [2.24, 2.45) is 51.9 Å². The van der Waals surface area contributed by atoms with E-state index in [1.54, 1.807) is 0 Å². The van der Waals surface area contributed by atoms with E-state index >= 15 is 0 Å². The highest BCUT2D eigenvalue weighted by Gasteiger charge is 2.64. The summed E-state index contributed by atoms with van der Waals surface area (Å²) < 4.78 is 0. The molecule has 3 aliphatic carbocycles. The van der Waals surface area contributed by atoms with Crippen molar-refractivity contribution in [1.29, 1.82) is 0 Å². The molecule has 152 valence electrons. The fourth-order valence-corrected chi connectivity index (χ4v) is 7.97. The van der Waals surface area contributed by atoms with Crippen LogP contribution in [0.5, 0.6) is 0 Å². The summed E-state index contributed by atoms with van der Waals surface area (Å²) >= 11 is 4.87. The molecule has 3 rings (SSSR count). The van der Waals surface area contributed by atoms with E-state index in [1.165, 1.54) is 38.5 Å². The molecule has 0 bridgehead atoms. The van der Waals surface area contributed by atoms with Gasteiger partial charge in [-0.15, -0.1) is 0 Å². The first-order valence-corrected chi connectivity index (χ1v) is 11.7. The Labute approximate surface area is 168 Å². The predicted octanol–water partition coefficient (Wildman–Crippen LogP) is 5.25. The van der Waals surface area contributed by atoms with E-state index in [-0.39, 0.29) is 22.4 Å². The number of hydrogen-bond donors (Lipinski definition) is 3. The Kier molecular flexibility index (Phi) is 5.61.